The zero-order chi connectivity index (χ0) is 5.40. The maximum Gasteiger partial charge on any atom is 1.00 e. The van der Waals surface area contributed by atoms with Crippen molar-refractivity contribution in [3.05, 3.63) is 6.42 Å². The van der Waals surface area contributed by atoms with E-state index >= 15 is 0 Å². The van der Waals surface area contributed by atoms with E-state index in [4.69, 9.17) is 0 Å². The molecule has 0 aromatic carbocycles. The number of fused-ring (bicyclic) bond motifs is 1. The van der Waals surface area contributed by atoms with E-state index < -0.39 is 0 Å². The Hall–Kier alpha value is 1.19. The van der Waals surface area contributed by atoms with Crippen molar-refractivity contribution in [2.24, 2.45) is 0 Å². The monoisotopic (exact) mass is 347 g/mol. The van der Waals surface area contributed by atoms with Crippen molar-refractivity contribution in [1.29, 1.82) is 0 Å². The SMILES string of the molecule is [CH]1CCN2CCC[C@H]12.[Cl-].[Hg+]. The third-order valence-corrected chi connectivity index (χ3v) is 2.27. The van der Waals surface area contributed by atoms with Crippen LogP contribution in [0.5, 0.6) is 0 Å². The Morgan fingerprint density at radius 3 is 2.80 bits per heavy atom. The molecular weight excluding hydrogens is 334 g/mol. The second-order valence-corrected chi connectivity index (χ2v) is 2.77. The molecule has 2 saturated heterocycles. The molecule has 3 heteroatoms. The molecule has 0 bridgehead atoms. The molecule has 2 heterocycles. The zero-order valence-corrected chi connectivity index (χ0v) is 12.5. The van der Waals surface area contributed by atoms with E-state index in [1.807, 2.05) is 0 Å². The Bertz CT molecular complexity index is 79.6. The summed E-state index contributed by atoms with van der Waals surface area (Å²) in [5.41, 5.74) is 0. The number of hydrogen-bond acceptors (Lipinski definition) is 1. The molecule has 1 atom stereocenters. The van der Waals surface area contributed by atoms with Crippen LogP contribution in [0.15, 0.2) is 0 Å². The molecule has 0 unspecified atom stereocenters. The molecule has 2 rings (SSSR count). The van der Waals surface area contributed by atoms with Gasteiger partial charge in [0.15, 0.2) is 0 Å². The second kappa shape index (κ2) is 4.94. The average Bonchev–Trinajstić information content (AvgIpc) is 2.15. The number of halogens is 1. The molecule has 54 valence electrons. The fourth-order valence-corrected chi connectivity index (χ4v) is 1.83. The van der Waals surface area contributed by atoms with Crippen LogP contribution in [-0.2, 0) is 27.7 Å². The van der Waals surface area contributed by atoms with Gasteiger partial charge in [0.2, 0.25) is 0 Å². The Morgan fingerprint density at radius 1 is 1.30 bits per heavy atom. The molecule has 0 N–H and O–H groups in total. The van der Waals surface area contributed by atoms with Crippen LogP contribution in [0.25, 0.3) is 0 Å². The topological polar surface area (TPSA) is 3.24 Å². The Morgan fingerprint density at radius 2 is 2.10 bits per heavy atom. The van der Waals surface area contributed by atoms with Crippen LogP contribution >= 0.6 is 0 Å². The molecule has 0 aromatic rings. The fraction of sp³-hybridized carbons (Fsp3) is 0.857. The minimum atomic E-state index is 0. The van der Waals surface area contributed by atoms with Crippen LogP contribution in [0.1, 0.15) is 19.3 Å². The standard InChI is InChI=1S/C7H12N.ClH.Hg/c1-3-7-4-2-6-8(7)5-1;;/h3,7H,1-2,4-6H2;1H;/q;;+1/p-1/t7-;;/m0../s1. The van der Waals surface area contributed by atoms with E-state index in [1.54, 1.807) is 0 Å². The van der Waals surface area contributed by atoms with Gasteiger partial charge in [-0.1, -0.05) is 0 Å². The van der Waals surface area contributed by atoms with E-state index in [2.05, 4.69) is 11.3 Å². The Kier molecular flexibility index (Phi) is 5.53. The van der Waals surface area contributed by atoms with Gasteiger partial charge in [0.05, 0.1) is 0 Å². The van der Waals surface area contributed by atoms with Crippen molar-refractivity contribution in [3.8, 4) is 0 Å². The molecule has 2 radical (unpaired) electrons. The second-order valence-electron chi connectivity index (χ2n) is 2.77. The van der Waals surface area contributed by atoms with Gasteiger partial charge in [0.1, 0.15) is 0 Å². The first-order valence-electron chi connectivity index (χ1n) is 3.54. The van der Waals surface area contributed by atoms with Crippen LogP contribution in [0.4, 0.5) is 0 Å². The summed E-state index contributed by atoms with van der Waals surface area (Å²) in [5.74, 6) is 0. The van der Waals surface area contributed by atoms with Crippen molar-refractivity contribution >= 4 is 0 Å². The van der Waals surface area contributed by atoms with E-state index in [0.717, 1.165) is 6.04 Å². The summed E-state index contributed by atoms with van der Waals surface area (Å²) in [6.07, 6.45) is 6.67. The summed E-state index contributed by atoms with van der Waals surface area (Å²) in [4.78, 5) is 2.58. The Labute approximate surface area is 89.5 Å². The van der Waals surface area contributed by atoms with Crippen LogP contribution < -0.4 is 12.4 Å². The van der Waals surface area contributed by atoms with Crippen molar-refractivity contribution < 1.29 is 40.1 Å². The number of hydrogen-bond donors (Lipinski definition) is 0. The van der Waals surface area contributed by atoms with E-state index in [-0.39, 0.29) is 40.1 Å². The van der Waals surface area contributed by atoms with E-state index in [1.165, 1.54) is 32.4 Å². The first-order chi connectivity index (χ1) is 3.97. The van der Waals surface area contributed by atoms with Gasteiger partial charge in [-0.25, -0.2) is 0 Å². The molecule has 2 fully saturated rings. The summed E-state index contributed by atoms with van der Waals surface area (Å²) in [7, 11) is 0. The Balaban J connectivity index is 0.000000405. The molecule has 10 heavy (non-hydrogen) atoms. The normalized spacial score (nSPS) is 25.2. The van der Waals surface area contributed by atoms with Gasteiger partial charge in [0.25, 0.3) is 0 Å². The maximum absolute atomic E-state index is 2.58. The minimum Gasteiger partial charge on any atom is -1.00 e. The van der Waals surface area contributed by atoms with Gasteiger partial charge in [-0.3, -0.25) is 0 Å². The van der Waals surface area contributed by atoms with Gasteiger partial charge >= 0.3 is 27.7 Å². The zero-order valence-electron chi connectivity index (χ0n) is 6.22. The van der Waals surface area contributed by atoms with E-state index in [9.17, 15) is 0 Å². The summed E-state index contributed by atoms with van der Waals surface area (Å²) in [6.45, 7) is 2.70. The summed E-state index contributed by atoms with van der Waals surface area (Å²) in [5, 5.41) is 0. The van der Waals surface area contributed by atoms with Crippen molar-refractivity contribution in [3.63, 3.8) is 0 Å². The smallest absolute Gasteiger partial charge is 1.00 e. The third kappa shape index (κ3) is 2.08. The third-order valence-electron chi connectivity index (χ3n) is 2.27. The quantitative estimate of drug-likeness (QED) is 0.462. The summed E-state index contributed by atoms with van der Waals surface area (Å²) in [6, 6.07) is 0.884. The summed E-state index contributed by atoms with van der Waals surface area (Å²) >= 11 is 0. The van der Waals surface area contributed by atoms with Crippen LogP contribution in [0.2, 0.25) is 0 Å². The van der Waals surface area contributed by atoms with Crippen molar-refractivity contribution in [2.45, 2.75) is 25.3 Å². The number of nitrogens with zero attached hydrogens (tertiary/aromatic N) is 1. The molecule has 0 saturated carbocycles. The molecule has 0 aromatic heterocycles. The number of rotatable bonds is 0. The van der Waals surface area contributed by atoms with Crippen LogP contribution in [0, 0.1) is 6.42 Å². The van der Waals surface area contributed by atoms with Gasteiger partial charge in [-0.15, -0.1) is 0 Å². The molecule has 2 aliphatic heterocycles. The first kappa shape index (κ1) is 11.2. The molecule has 0 amide bonds. The first-order valence-corrected chi connectivity index (χ1v) is 3.54. The largest absolute Gasteiger partial charge is 1.00 e. The predicted octanol–water partition coefficient (Wildman–Crippen LogP) is -1.94. The molecule has 2 aliphatic rings. The summed E-state index contributed by atoms with van der Waals surface area (Å²) < 4.78 is 0. The average molecular weight is 346 g/mol. The molecule has 1 nitrogen and oxygen atoms in total. The molecule has 0 aliphatic carbocycles. The van der Waals surface area contributed by atoms with Gasteiger partial charge < -0.3 is 17.3 Å². The maximum atomic E-state index is 2.58. The van der Waals surface area contributed by atoms with Crippen molar-refractivity contribution in [2.75, 3.05) is 13.1 Å². The molecule has 0 spiro atoms. The minimum absolute atomic E-state index is 0. The predicted molar refractivity (Wildman–Crippen MR) is 33.5 cm³/mol. The van der Waals surface area contributed by atoms with Gasteiger partial charge in [0, 0.05) is 6.04 Å². The van der Waals surface area contributed by atoms with E-state index in [0.29, 0.717) is 0 Å². The molecular formula is C7H12ClHgN. The van der Waals surface area contributed by atoms with Gasteiger partial charge in [-0.05, 0) is 38.8 Å². The van der Waals surface area contributed by atoms with Gasteiger partial charge in [-0.2, -0.15) is 0 Å². The van der Waals surface area contributed by atoms with Crippen LogP contribution in [0.3, 0.4) is 0 Å². The van der Waals surface area contributed by atoms with Crippen LogP contribution in [-0.4, -0.2) is 24.0 Å². The fourth-order valence-electron chi connectivity index (χ4n) is 1.83. The van der Waals surface area contributed by atoms with Crippen molar-refractivity contribution in [1.82, 2.24) is 4.90 Å².